The Morgan fingerprint density at radius 3 is 2.54 bits per heavy atom. The number of hydrogen-bond acceptors (Lipinski definition) is 5. The Kier molecular flexibility index (Phi) is 6.59. The number of aryl methyl sites for hydroxylation is 1. The molecule has 3 aromatic rings. The summed E-state index contributed by atoms with van der Waals surface area (Å²) in [5.41, 5.74) is 1.03. The summed E-state index contributed by atoms with van der Waals surface area (Å²) >= 11 is 3.29. The van der Waals surface area contributed by atoms with Gasteiger partial charge in [0.25, 0.3) is 0 Å². The first-order valence-electron chi connectivity index (χ1n) is 13.7. The third-order valence-electron chi connectivity index (χ3n) is 9.23. The molecule has 7 rings (SSSR count). The minimum Gasteiger partial charge on any atom is -0.358 e. The fourth-order valence-electron chi connectivity index (χ4n) is 8.16. The Balaban J connectivity index is 1.20. The highest BCUT2D eigenvalue weighted by atomic mass is 79.9. The van der Waals surface area contributed by atoms with Gasteiger partial charge < -0.3 is 15.4 Å². The quantitative estimate of drug-likeness (QED) is 0.228. The number of hydrogen-bond donors (Lipinski definition) is 1. The van der Waals surface area contributed by atoms with E-state index in [1.807, 2.05) is 0 Å². The van der Waals surface area contributed by atoms with Crippen molar-refractivity contribution in [1.29, 1.82) is 0 Å². The summed E-state index contributed by atoms with van der Waals surface area (Å²) in [6.45, 7) is 3.71. The molecule has 0 radical (unpaired) electrons. The summed E-state index contributed by atoms with van der Waals surface area (Å²) in [6.07, 6.45) is 3.13. The van der Waals surface area contributed by atoms with E-state index in [4.69, 9.17) is 0 Å². The summed E-state index contributed by atoms with van der Waals surface area (Å²) in [4.78, 5) is 24.5. The molecule has 1 amide bonds. The molecule has 9 nitrogen and oxygen atoms in total. The Morgan fingerprint density at radius 2 is 1.90 bits per heavy atom. The van der Waals surface area contributed by atoms with Crippen LogP contribution in [-0.2, 0) is 23.1 Å². The van der Waals surface area contributed by atoms with Gasteiger partial charge in [-0.3, -0.25) is 9.48 Å². The van der Waals surface area contributed by atoms with E-state index in [0.717, 1.165) is 50.7 Å². The number of carbonyl (C=O) groups is 1. The number of nitrogens with zero attached hydrogens (tertiary/aromatic N) is 5. The molecule has 2 atom stereocenters. The van der Waals surface area contributed by atoms with Crippen LogP contribution in [0.2, 0.25) is 0 Å². The normalized spacial score (nSPS) is 26.9. The van der Waals surface area contributed by atoms with Crippen molar-refractivity contribution in [3.8, 4) is 0 Å². The van der Waals surface area contributed by atoms with E-state index in [2.05, 4.69) is 31.4 Å². The fraction of sp³-hybridized carbons (Fsp3) is 0.536. The van der Waals surface area contributed by atoms with Crippen molar-refractivity contribution in [3.05, 3.63) is 67.6 Å². The average Bonchev–Trinajstić information content (AvgIpc) is 3.38. The number of amides is 1. The van der Waals surface area contributed by atoms with Crippen molar-refractivity contribution >= 4 is 33.3 Å². The predicted molar refractivity (Wildman–Crippen MR) is 147 cm³/mol. The third kappa shape index (κ3) is 5.06. The molecule has 4 aliphatic carbocycles. The van der Waals surface area contributed by atoms with Gasteiger partial charge in [0.1, 0.15) is 4.47 Å². The number of alkyl halides is 3. The monoisotopic (exact) mass is 634 g/mol. The van der Waals surface area contributed by atoms with Crippen molar-refractivity contribution in [2.45, 2.75) is 77.1 Å². The van der Waals surface area contributed by atoms with E-state index in [0.29, 0.717) is 45.4 Å². The summed E-state index contributed by atoms with van der Waals surface area (Å²) < 4.78 is 43.3. The maximum atomic E-state index is 13.5. The minimum atomic E-state index is -4.43. The lowest BCUT2D eigenvalue weighted by Crippen LogP contribution is -2.57. The van der Waals surface area contributed by atoms with Crippen LogP contribution < -0.4 is 5.32 Å². The molecule has 4 bridgehead atoms. The molecular weight excluding hydrogens is 605 g/mol. The van der Waals surface area contributed by atoms with Crippen LogP contribution >= 0.6 is 15.9 Å². The van der Waals surface area contributed by atoms with Gasteiger partial charge >= 0.3 is 12.0 Å². The Labute approximate surface area is 242 Å². The topological polar surface area (TPSA) is 108 Å². The molecule has 0 aliphatic heterocycles. The van der Waals surface area contributed by atoms with Gasteiger partial charge in [-0.2, -0.15) is 23.0 Å². The second kappa shape index (κ2) is 9.67. The zero-order valence-electron chi connectivity index (χ0n) is 22.7. The first-order valence-corrected chi connectivity index (χ1v) is 14.5. The standard InChI is InChI=1S/C28H30BrF3N6O3/c1-16-24(17(2)36(34-16)13-18-4-3-5-21(7-18)28(30,31)32)33-23(39)12-26-8-19-6-20(9-26)11-27(10-19,15-26)37-14-22(29)25(35-37)38(40)41/h3-5,7,14,19-20H,6,8-13,15H2,1-2H3,(H,33,39). The first kappa shape index (κ1) is 27.9. The van der Waals surface area contributed by atoms with Gasteiger partial charge in [0, 0.05) is 6.42 Å². The second-order valence-electron chi connectivity index (χ2n) is 12.3. The fourth-order valence-corrected chi connectivity index (χ4v) is 8.58. The maximum Gasteiger partial charge on any atom is 0.416 e. The van der Waals surface area contributed by atoms with E-state index in [-0.39, 0.29) is 29.2 Å². The molecule has 1 N–H and O–H groups in total. The zero-order valence-corrected chi connectivity index (χ0v) is 24.3. The predicted octanol–water partition coefficient (Wildman–Crippen LogP) is 6.76. The molecule has 0 saturated heterocycles. The minimum absolute atomic E-state index is 0.125. The van der Waals surface area contributed by atoms with Crippen molar-refractivity contribution in [1.82, 2.24) is 19.6 Å². The second-order valence-corrected chi connectivity index (χ2v) is 13.2. The van der Waals surface area contributed by atoms with Gasteiger partial charge in [-0.1, -0.05) is 12.1 Å². The first-order chi connectivity index (χ1) is 19.3. The van der Waals surface area contributed by atoms with Crippen LogP contribution in [0.5, 0.6) is 0 Å². The SMILES string of the molecule is Cc1nn(Cc2cccc(C(F)(F)F)c2)c(C)c1NC(=O)CC12CC3CC(C1)CC(n1cc(Br)c([N+](=O)[O-])n1)(C3)C2. The molecule has 41 heavy (non-hydrogen) atoms. The van der Waals surface area contributed by atoms with E-state index in [1.165, 1.54) is 6.07 Å². The number of halogens is 4. The van der Waals surface area contributed by atoms with Gasteiger partial charge in [-0.15, -0.1) is 0 Å². The number of nitrogens with one attached hydrogen (secondary N) is 1. The lowest BCUT2D eigenvalue weighted by Gasteiger charge is -2.61. The number of aromatic nitrogens is 4. The van der Waals surface area contributed by atoms with Crippen molar-refractivity contribution in [3.63, 3.8) is 0 Å². The summed E-state index contributed by atoms with van der Waals surface area (Å²) in [5, 5.41) is 23.4. The lowest BCUT2D eigenvalue weighted by molar-refractivity contribution is -0.390. The van der Waals surface area contributed by atoms with Crippen LogP contribution in [0.25, 0.3) is 0 Å². The van der Waals surface area contributed by atoms with Crippen molar-refractivity contribution in [2.24, 2.45) is 17.3 Å². The summed E-state index contributed by atoms with van der Waals surface area (Å²) in [6, 6.07) is 5.16. The Bertz CT molecular complexity index is 1530. The number of anilines is 1. The van der Waals surface area contributed by atoms with Crippen LogP contribution in [0.1, 0.15) is 67.5 Å². The van der Waals surface area contributed by atoms with Gasteiger partial charge in [-0.05, 0) is 108 Å². The van der Waals surface area contributed by atoms with Crippen LogP contribution in [0, 0.1) is 41.2 Å². The van der Waals surface area contributed by atoms with E-state index >= 15 is 0 Å². The van der Waals surface area contributed by atoms with Crippen LogP contribution in [0.15, 0.2) is 34.9 Å². The molecule has 2 unspecified atom stereocenters. The Morgan fingerprint density at radius 1 is 1.20 bits per heavy atom. The third-order valence-corrected chi connectivity index (χ3v) is 9.79. The number of benzene rings is 1. The summed E-state index contributed by atoms with van der Waals surface area (Å²) in [5.74, 6) is 0.551. The van der Waals surface area contributed by atoms with E-state index in [9.17, 15) is 28.1 Å². The van der Waals surface area contributed by atoms with Crippen molar-refractivity contribution < 1.29 is 22.9 Å². The molecule has 2 heterocycles. The zero-order chi connectivity index (χ0) is 29.3. The summed E-state index contributed by atoms with van der Waals surface area (Å²) in [7, 11) is 0. The molecule has 4 saturated carbocycles. The lowest BCUT2D eigenvalue weighted by atomic mass is 9.46. The molecule has 13 heteroatoms. The van der Waals surface area contributed by atoms with E-state index < -0.39 is 16.7 Å². The van der Waals surface area contributed by atoms with Crippen LogP contribution in [0.3, 0.4) is 0 Å². The van der Waals surface area contributed by atoms with Gasteiger partial charge in [0.2, 0.25) is 5.91 Å². The van der Waals surface area contributed by atoms with Crippen LogP contribution in [0.4, 0.5) is 24.7 Å². The number of nitro groups is 1. The number of rotatable bonds is 7. The van der Waals surface area contributed by atoms with Crippen LogP contribution in [-0.4, -0.2) is 30.4 Å². The molecule has 2 aromatic heterocycles. The number of carbonyl (C=O) groups excluding carboxylic acids is 1. The highest BCUT2D eigenvalue weighted by Crippen LogP contribution is 2.65. The molecule has 0 spiro atoms. The smallest absolute Gasteiger partial charge is 0.358 e. The van der Waals surface area contributed by atoms with E-state index in [1.54, 1.807) is 35.5 Å². The van der Waals surface area contributed by atoms with Gasteiger partial charge in [0.15, 0.2) is 0 Å². The molecular formula is C28H30BrF3N6O3. The van der Waals surface area contributed by atoms with Gasteiger partial charge in [0.05, 0.1) is 46.0 Å². The Hall–Kier alpha value is -3.22. The highest BCUT2D eigenvalue weighted by molar-refractivity contribution is 9.10. The average molecular weight is 635 g/mol. The van der Waals surface area contributed by atoms with Crippen molar-refractivity contribution in [2.75, 3.05) is 5.32 Å². The largest absolute Gasteiger partial charge is 0.416 e. The molecule has 1 aromatic carbocycles. The van der Waals surface area contributed by atoms with Gasteiger partial charge in [-0.25, -0.2) is 0 Å². The molecule has 4 fully saturated rings. The molecule has 4 aliphatic rings. The maximum absolute atomic E-state index is 13.5. The molecule has 218 valence electrons. The highest BCUT2D eigenvalue weighted by Gasteiger charge is 2.60.